The number of nitrogens with zero attached hydrogens (tertiary/aromatic N) is 3. The van der Waals surface area contributed by atoms with Gasteiger partial charge in [0.2, 0.25) is 5.91 Å². The van der Waals surface area contributed by atoms with Gasteiger partial charge >= 0.3 is 5.69 Å². The van der Waals surface area contributed by atoms with E-state index < -0.39 is 23.7 Å². The molecule has 1 aliphatic rings. The van der Waals surface area contributed by atoms with Crippen LogP contribution in [0.3, 0.4) is 0 Å². The van der Waals surface area contributed by atoms with Crippen LogP contribution in [0.2, 0.25) is 0 Å². The molecule has 1 aliphatic heterocycles. The second-order valence-corrected chi connectivity index (χ2v) is 9.87. The summed E-state index contributed by atoms with van der Waals surface area (Å²) < 4.78 is 2.31. The number of nitrogens with one attached hydrogen (secondary N) is 1. The highest BCUT2D eigenvalue weighted by Crippen LogP contribution is 2.24. The Morgan fingerprint density at radius 3 is 2.36 bits per heavy atom. The molecule has 8 nitrogen and oxygen atoms in total. The summed E-state index contributed by atoms with van der Waals surface area (Å²) in [6.07, 6.45) is 2.54. The van der Waals surface area contributed by atoms with Crippen LogP contribution in [-0.4, -0.2) is 38.9 Å². The summed E-state index contributed by atoms with van der Waals surface area (Å²) in [4.78, 5) is 53.2. The Bertz CT molecular complexity index is 1370. The molecule has 2 amide bonds. The van der Waals surface area contributed by atoms with Crippen molar-refractivity contribution in [3.05, 3.63) is 98.3 Å². The molecule has 1 aromatic heterocycles. The van der Waals surface area contributed by atoms with Crippen molar-refractivity contribution in [1.29, 1.82) is 0 Å². The zero-order valence-electron chi connectivity index (χ0n) is 20.9. The highest BCUT2D eigenvalue weighted by molar-refractivity contribution is 5.97. The van der Waals surface area contributed by atoms with E-state index in [0.29, 0.717) is 42.7 Å². The van der Waals surface area contributed by atoms with Crippen LogP contribution in [0.25, 0.3) is 0 Å². The van der Waals surface area contributed by atoms with Crippen molar-refractivity contribution in [2.45, 2.75) is 40.3 Å². The molecule has 0 bridgehead atoms. The number of carbonyl (C=O) groups excluding carboxylic acids is 2. The van der Waals surface area contributed by atoms with E-state index in [1.807, 2.05) is 42.2 Å². The summed E-state index contributed by atoms with van der Waals surface area (Å²) >= 11 is 0. The number of aromatic nitrogens is 2. The van der Waals surface area contributed by atoms with Crippen LogP contribution in [0.5, 0.6) is 0 Å². The number of hydrogen-bond donors (Lipinski definition) is 1. The van der Waals surface area contributed by atoms with E-state index in [4.69, 9.17) is 0 Å². The van der Waals surface area contributed by atoms with Crippen LogP contribution in [0.4, 0.5) is 5.69 Å². The van der Waals surface area contributed by atoms with Gasteiger partial charge in [-0.15, -0.1) is 0 Å². The minimum absolute atomic E-state index is 0.0630. The fourth-order valence-electron chi connectivity index (χ4n) is 4.84. The minimum Gasteiger partial charge on any atom is -0.338 e. The van der Waals surface area contributed by atoms with Crippen LogP contribution >= 0.6 is 0 Å². The number of likely N-dealkylation sites (tertiary alicyclic amines) is 1. The largest absolute Gasteiger partial charge is 0.338 e. The summed E-state index contributed by atoms with van der Waals surface area (Å²) in [7, 11) is 0. The van der Waals surface area contributed by atoms with E-state index in [1.165, 1.54) is 16.8 Å². The first-order valence-electron chi connectivity index (χ1n) is 12.2. The monoisotopic (exact) mass is 488 g/mol. The predicted molar refractivity (Wildman–Crippen MR) is 139 cm³/mol. The van der Waals surface area contributed by atoms with Crippen LogP contribution in [0.1, 0.15) is 41.8 Å². The van der Waals surface area contributed by atoms with Gasteiger partial charge < -0.3 is 10.2 Å². The van der Waals surface area contributed by atoms with E-state index in [1.54, 1.807) is 18.2 Å². The maximum absolute atomic E-state index is 13.1. The second-order valence-electron chi connectivity index (χ2n) is 9.87. The maximum Gasteiger partial charge on any atom is 0.331 e. The van der Waals surface area contributed by atoms with Crippen LogP contribution in [0.15, 0.2) is 70.4 Å². The standard InChI is InChI=1S/C28H32N4O4/c1-19-13-20(2)16-31(15-19)27(35)23-10-9-21(3)24(14-23)29-25(33)18-32-26(34)11-12-30(28(32)36)17-22-7-5-4-6-8-22/h4-12,14,19-20H,13,15-18H2,1-3H3,(H,29,33). The van der Waals surface area contributed by atoms with Gasteiger partial charge in [0.1, 0.15) is 6.54 Å². The number of amides is 2. The zero-order valence-corrected chi connectivity index (χ0v) is 20.9. The number of rotatable bonds is 6. The molecule has 4 rings (SSSR count). The molecule has 2 unspecified atom stereocenters. The van der Waals surface area contributed by atoms with E-state index in [-0.39, 0.29) is 5.91 Å². The van der Waals surface area contributed by atoms with Crippen molar-refractivity contribution in [3.8, 4) is 0 Å². The van der Waals surface area contributed by atoms with Crippen molar-refractivity contribution >= 4 is 17.5 Å². The van der Waals surface area contributed by atoms with Crippen molar-refractivity contribution in [1.82, 2.24) is 14.0 Å². The molecule has 3 aromatic rings. The first-order valence-corrected chi connectivity index (χ1v) is 12.2. The van der Waals surface area contributed by atoms with Crippen molar-refractivity contribution in [2.24, 2.45) is 11.8 Å². The number of benzene rings is 2. The Kier molecular flexibility index (Phi) is 7.52. The molecule has 188 valence electrons. The van der Waals surface area contributed by atoms with Gasteiger partial charge in [-0.25, -0.2) is 4.79 Å². The summed E-state index contributed by atoms with van der Waals surface area (Å²) in [5.41, 5.74) is 1.56. The SMILES string of the molecule is Cc1ccc(C(=O)N2CC(C)CC(C)C2)cc1NC(=O)Cn1c(=O)ccn(Cc2ccccc2)c1=O. The predicted octanol–water partition coefficient (Wildman–Crippen LogP) is 3.12. The van der Waals surface area contributed by atoms with Gasteiger partial charge in [0.05, 0.1) is 6.54 Å². The summed E-state index contributed by atoms with van der Waals surface area (Å²) in [5, 5.41) is 2.78. The molecule has 1 N–H and O–H groups in total. The van der Waals surface area contributed by atoms with E-state index in [9.17, 15) is 19.2 Å². The average Bonchev–Trinajstić information content (AvgIpc) is 2.84. The first kappa shape index (κ1) is 25.2. The maximum atomic E-state index is 13.1. The molecule has 1 saturated heterocycles. The lowest BCUT2D eigenvalue weighted by molar-refractivity contribution is -0.116. The summed E-state index contributed by atoms with van der Waals surface area (Å²) in [6, 6.07) is 15.9. The van der Waals surface area contributed by atoms with Gasteiger partial charge in [-0.2, -0.15) is 0 Å². The molecular formula is C28H32N4O4. The molecule has 2 aromatic carbocycles. The summed E-state index contributed by atoms with van der Waals surface area (Å²) in [6.45, 7) is 7.42. The number of anilines is 1. The van der Waals surface area contributed by atoms with Crippen LogP contribution in [0, 0.1) is 18.8 Å². The minimum atomic E-state index is -0.560. The quantitative estimate of drug-likeness (QED) is 0.577. The van der Waals surface area contributed by atoms with Crippen molar-refractivity contribution in [2.75, 3.05) is 18.4 Å². The van der Waals surface area contributed by atoms with Gasteiger partial charge in [-0.05, 0) is 48.4 Å². The third kappa shape index (κ3) is 5.82. The summed E-state index contributed by atoms with van der Waals surface area (Å²) in [5.74, 6) is 0.307. The highest BCUT2D eigenvalue weighted by Gasteiger charge is 2.26. The van der Waals surface area contributed by atoms with Gasteiger partial charge in [0, 0.05) is 36.6 Å². The molecule has 2 heterocycles. The molecule has 36 heavy (non-hydrogen) atoms. The first-order chi connectivity index (χ1) is 17.2. The van der Waals surface area contributed by atoms with Crippen LogP contribution in [-0.2, 0) is 17.9 Å². The topological polar surface area (TPSA) is 93.4 Å². The average molecular weight is 489 g/mol. The fourth-order valence-corrected chi connectivity index (χ4v) is 4.84. The van der Waals surface area contributed by atoms with Crippen molar-refractivity contribution < 1.29 is 9.59 Å². The number of piperidine rings is 1. The molecule has 8 heteroatoms. The highest BCUT2D eigenvalue weighted by atomic mass is 16.2. The van der Waals surface area contributed by atoms with Gasteiger partial charge in [0.25, 0.3) is 11.5 Å². The fraction of sp³-hybridized carbons (Fsp3) is 0.357. The third-order valence-electron chi connectivity index (χ3n) is 6.55. The van der Waals surface area contributed by atoms with E-state index in [2.05, 4.69) is 19.2 Å². The van der Waals surface area contributed by atoms with E-state index in [0.717, 1.165) is 22.1 Å². The normalized spacial score (nSPS) is 17.6. The number of carbonyl (C=O) groups is 2. The van der Waals surface area contributed by atoms with Gasteiger partial charge in [0.15, 0.2) is 0 Å². The van der Waals surface area contributed by atoms with Crippen LogP contribution < -0.4 is 16.6 Å². The number of hydrogen-bond acceptors (Lipinski definition) is 4. The lowest BCUT2D eigenvalue weighted by Gasteiger charge is -2.35. The Labute approximate surface area is 210 Å². The Balaban J connectivity index is 1.50. The molecule has 0 spiro atoms. The molecule has 0 radical (unpaired) electrons. The molecular weight excluding hydrogens is 456 g/mol. The van der Waals surface area contributed by atoms with Gasteiger partial charge in [-0.1, -0.05) is 50.2 Å². The molecule has 0 saturated carbocycles. The second kappa shape index (κ2) is 10.8. The lowest BCUT2D eigenvalue weighted by Crippen LogP contribution is -2.42. The Morgan fingerprint density at radius 2 is 1.67 bits per heavy atom. The van der Waals surface area contributed by atoms with E-state index >= 15 is 0 Å². The Hall–Kier alpha value is -3.94. The number of aryl methyl sites for hydroxylation is 1. The molecule has 0 aliphatic carbocycles. The zero-order chi connectivity index (χ0) is 25.8. The molecule has 2 atom stereocenters. The lowest BCUT2D eigenvalue weighted by atomic mass is 9.91. The van der Waals surface area contributed by atoms with Crippen molar-refractivity contribution in [3.63, 3.8) is 0 Å². The van der Waals surface area contributed by atoms with Gasteiger partial charge in [-0.3, -0.25) is 23.5 Å². The Morgan fingerprint density at radius 1 is 0.972 bits per heavy atom. The smallest absolute Gasteiger partial charge is 0.331 e. The molecule has 1 fully saturated rings. The third-order valence-corrected chi connectivity index (χ3v) is 6.55.